The van der Waals surface area contributed by atoms with Crippen LogP contribution in [-0.4, -0.2) is 43.7 Å². The van der Waals surface area contributed by atoms with E-state index < -0.39 is 0 Å². The smallest absolute Gasteiger partial charge is 0.189 e. The third kappa shape index (κ3) is 7.92. The number of nitrogens with zero attached hydrogens (tertiary/aromatic N) is 2. The molecule has 0 aliphatic carbocycles. The van der Waals surface area contributed by atoms with Gasteiger partial charge in [0.15, 0.2) is 5.96 Å². The maximum absolute atomic E-state index is 5.98. The van der Waals surface area contributed by atoms with Crippen molar-refractivity contribution in [3.63, 3.8) is 0 Å². The standard InChI is InChI=1S/C19H32N4O.HI/c1-15-7-6-10-23(12-15)13-18-9-5-4-8-17(18)11-21-19(20)22-16(2)14-24-3;/h4-5,8-9,15-16H,6-7,10-14H2,1-3H3,(H3,20,21,22);1H. The third-order valence-corrected chi connectivity index (χ3v) is 4.48. The minimum Gasteiger partial charge on any atom is -0.383 e. The highest BCUT2D eigenvalue weighted by molar-refractivity contribution is 14.0. The Morgan fingerprint density at radius 1 is 1.40 bits per heavy atom. The summed E-state index contributed by atoms with van der Waals surface area (Å²) in [4.78, 5) is 7.05. The summed E-state index contributed by atoms with van der Waals surface area (Å²) in [6.07, 6.45) is 2.65. The Morgan fingerprint density at radius 3 is 2.80 bits per heavy atom. The molecule has 0 aromatic heterocycles. The minimum absolute atomic E-state index is 0. The Morgan fingerprint density at radius 2 is 2.12 bits per heavy atom. The lowest BCUT2D eigenvalue weighted by Crippen LogP contribution is -2.40. The maximum atomic E-state index is 5.98. The van der Waals surface area contributed by atoms with Gasteiger partial charge in [0.1, 0.15) is 0 Å². The fraction of sp³-hybridized carbons (Fsp3) is 0.632. The van der Waals surface area contributed by atoms with Crippen molar-refractivity contribution in [1.82, 2.24) is 10.2 Å². The van der Waals surface area contributed by atoms with Crippen molar-refractivity contribution in [2.45, 2.75) is 45.8 Å². The summed E-state index contributed by atoms with van der Waals surface area (Å²) in [5.74, 6) is 1.27. The molecular formula is C19H33IN4O. The molecule has 1 saturated heterocycles. The molecule has 25 heavy (non-hydrogen) atoms. The summed E-state index contributed by atoms with van der Waals surface area (Å²) in [7, 11) is 1.68. The van der Waals surface area contributed by atoms with Gasteiger partial charge in [-0.15, -0.1) is 24.0 Å². The van der Waals surface area contributed by atoms with E-state index in [0.717, 1.165) is 12.5 Å². The molecule has 6 heteroatoms. The van der Waals surface area contributed by atoms with Crippen LogP contribution in [0.3, 0.4) is 0 Å². The molecule has 1 aliphatic heterocycles. The molecule has 1 heterocycles. The Bertz CT molecular complexity index is 538. The number of methoxy groups -OCH3 is 1. The Hall–Kier alpha value is -0.860. The number of hydrogen-bond acceptors (Lipinski definition) is 3. The number of hydrogen-bond donors (Lipinski definition) is 2. The summed E-state index contributed by atoms with van der Waals surface area (Å²) in [6, 6.07) is 8.70. The van der Waals surface area contributed by atoms with E-state index in [4.69, 9.17) is 10.5 Å². The van der Waals surface area contributed by atoms with Crippen molar-refractivity contribution < 1.29 is 4.74 Å². The zero-order chi connectivity index (χ0) is 17.4. The van der Waals surface area contributed by atoms with Gasteiger partial charge in [-0.3, -0.25) is 4.90 Å². The number of guanidine groups is 1. The zero-order valence-corrected chi connectivity index (χ0v) is 18.0. The molecule has 2 atom stereocenters. The summed E-state index contributed by atoms with van der Waals surface area (Å²) >= 11 is 0. The highest BCUT2D eigenvalue weighted by Crippen LogP contribution is 2.19. The van der Waals surface area contributed by atoms with E-state index in [9.17, 15) is 0 Å². The molecule has 142 valence electrons. The number of nitrogens with two attached hydrogens (primary N) is 1. The van der Waals surface area contributed by atoms with Gasteiger partial charge in [0, 0.05) is 26.2 Å². The molecule has 5 nitrogen and oxygen atoms in total. The highest BCUT2D eigenvalue weighted by atomic mass is 127. The van der Waals surface area contributed by atoms with Crippen LogP contribution in [0, 0.1) is 5.92 Å². The van der Waals surface area contributed by atoms with E-state index in [1.54, 1.807) is 7.11 Å². The fourth-order valence-corrected chi connectivity index (χ4v) is 3.30. The Balaban J connectivity index is 0.00000312. The van der Waals surface area contributed by atoms with Gasteiger partial charge in [0.05, 0.1) is 13.2 Å². The van der Waals surface area contributed by atoms with Crippen LogP contribution in [0.15, 0.2) is 29.3 Å². The molecule has 1 aromatic carbocycles. The number of nitrogens with one attached hydrogen (secondary N) is 1. The van der Waals surface area contributed by atoms with Crippen molar-refractivity contribution in [1.29, 1.82) is 0 Å². The van der Waals surface area contributed by atoms with Gasteiger partial charge in [-0.05, 0) is 43.4 Å². The van der Waals surface area contributed by atoms with Crippen LogP contribution >= 0.6 is 24.0 Å². The van der Waals surface area contributed by atoms with Gasteiger partial charge >= 0.3 is 0 Å². The van der Waals surface area contributed by atoms with Crippen LogP contribution in [0.1, 0.15) is 37.8 Å². The van der Waals surface area contributed by atoms with Crippen LogP contribution in [-0.2, 0) is 17.8 Å². The molecule has 1 fully saturated rings. The topological polar surface area (TPSA) is 62.9 Å². The zero-order valence-electron chi connectivity index (χ0n) is 15.7. The lowest BCUT2D eigenvalue weighted by molar-refractivity contribution is 0.176. The molecule has 0 saturated carbocycles. The molecule has 3 N–H and O–H groups in total. The molecule has 0 amide bonds. The monoisotopic (exact) mass is 460 g/mol. The second-order valence-corrected chi connectivity index (χ2v) is 6.95. The summed E-state index contributed by atoms with van der Waals surface area (Å²) in [6.45, 7) is 8.98. The lowest BCUT2D eigenvalue weighted by Gasteiger charge is -2.31. The van der Waals surface area contributed by atoms with E-state index in [-0.39, 0.29) is 30.0 Å². The van der Waals surface area contributed by atoms with Crippen LogP contribution in [0.5, 0.6) is 0 Å². The number of ether oxygens (including phenoxy) is 1. The Labute approximate surface area is 169 Å². The maximum Gasteiger partial charge on any atom is 0.189 e. The minimum atomic E-state index is 0. The number of halogens is 1. The number of aliphatic imine (C=N–C) groups is 1. The van der Waals surface area contributed by atoms with Gasteiger partial charge in [0.25, 0.3) is 0 Å². The first-order valence-corrected chi connectivity index (χ1v) is 8.93. The highest BCUT2D eigenvalue weighted by Gasteiger charge is 2.17. The summed E-state index contributed by atoms with van der Waals surface area (Å²) in [5.41, 5.74) is 8.58. The van der Waals surface area contributed by atoms with E-state index >= 15 is 0 Å². The van der Waals surface area contributed by atoms with Crippen LogP contribution in [0.2, 0.25) is 0 Å². The van der Waals surface area contributed by atoms with Crippen LogP contribution < -0.4 is 11.1 Å². The number of benzene rings is 1. The average Bonchev–Trinajstić information content (AvgIpc) is 2.54. The molecule has 0 spiro atoms. The Kier molecular flexibility index (Phi) is 10.4. The van der Waals surface area contributed by atoms with Crippen molar-refractivity contribution in [3.05, 3.63) is 35.4 Å². The predicted molar refractivity (Wildman–Crippen MR) is 115 cm³/mol. The molecule has 1 aromatic rings. The molecule has 0 bridgehead atoms. The first-order chi connectivity index (χ1) is 11.6. The van der Waals surface area contributed by atoms with Gasteiger partial charge in [-0.25, -0.2) is 4.99 Å². The van der Waals surface area contributed by atoms with Gasteiger partial charge in [-0.2, -0.15) is 0 Å². The van der Waals surface area contributed by atoms with E-state index in [1.807, 2.05) is 6.92 Å². The van der Waals surface area contributed by atoms with E-state index in [2.05, 4.69) is 46.4 Å². The SMILES string of the molecule is COCC(C)NC(N)=NCc1ccccc1CN1CCCC(C)C1.I. The third-order valence-electron chi connectivity index (χ3n) is 4.48. The van der Waals surface area contributed by atoms with E-state index in [1.165, 1.54) is 37.1 Å². The fourth-order valence-electron chi connectivity index (χ4n) is 3.30. The molecule has 1 aliphatic rings. The van der Waals surface area contributed by atoms with Gasteiger partial charge in [-0.1, -0.05) is 31.2 Å². The number of piperidine rings is 1. The van der Waals surface area contributed by atoms with E-state index in [0.29, 0.717) is 19.1 Å². The normalized spacial score (nSPS) is 20.0. The molecular weight excluding hydrogens is 427 g/mol. The second kappa shape index (κ2) is 11.7. The molecule has 0 radical (unpaired) electrons. The van der Waals surface area contributed by atoms with Crippen molar-refractivity contribution in [3.8, 4) is 0 Å². The lowest BCUT2D eigenvalue weighted by atomic mass is 9.99. The summed E-state index contributed by atoms with van der Waals surface area (Å²) < 4.78 is 5.10. The van der Waals surface area contributed by atoms with Gasteiger partial charge in [0.2, 0.25) is 0 Å². The van der Waals surface area contributed by atoms with Crippen molar-refractivity contribution >= 4 is 29.9 Å². The van der Waals surface area contributed by atoms with Crippen molar-refractivity contribution in [2.24, 2.45) is 16.6 Å². The predicted octanol–water partition coefficient (Wildman–Crippen LogP) is 2.98. The first-order valence-electron chi connectivity index (χ1n) is 8.93. The number of likely N-dealkylation sites (tertiary alicyclic amines) is 1. The average molecular weight is 460 g/mol. The largest absolute Gasteiger partial charge is 0.383 e. The van der Waals surface area contributed by atoms with Crippen LogP contribution in [0.4, 0.5) is 0 Å². The first kappa shape index (κ1) is 22.2. The van der Waals surface area contributed by atoms with Crippen LogP contribution in [0.25, 0.3) is 0 Å². The van der Waals surface area contributed by atoms with Crippen molar-refractivity contribution in [2.75, 3.05) is 26.8 Å². The number of rotatable bonds is 7. The van der Waals surface area contributed by atoms with Gasteiger partial charge < -0.3 is 15.8 Å². The quantitative estimate of drug-likeness (QED) is 0.373. The second-order valence-electron chi connectivity index (χ2n) is 6.95. The summed E-state index contributed by atoms with van der Waals surface area (Å²) in [5, 5.41) is 3.15. The molecule has 2 rings (SSSR count). The molecule has 2 unspecified atom stereocenters.